The first kappa shape index (κ1) is 23.3. The minimum absolute atomic E-state index is 0.137. The molecule has 1 aliphatic rings. The second-order valence-electron chi connectivity index (χ2n) is 9.25. The largest absolute Gasteiger partial charge is 0.461 e. The molecule has 0 saturated carbocycles. The fourth-order valence-electron chi connectivity index (χ4n) is 4.69. The molecule has 5 rings (SSSR count). The Morgan fingerprint density at radius 1 is 0.943 bits per heavy atom. The van der Waals surface area contributed by atoms with Crippen molar-refractivity contribution in [2.45, 2.75) is 40.2 Å². The van der Waals surface area contributed by atoms with Crippen molar-refractivity contribution < 1.29 is 18.4 Å². The van der Waals surface area contributed by atoms with Crippen LogP contribution in [0.1, 0.15) is 34.4 Å². The molecular weight excluding hydrogens is 444 g/mol. The van der Waals surface area contributed by atoms with E-state index >= 15 is 0 Å². The SMILES string of the molecule is Cc1oc2cc3oc(=O)c(CCC(=O)Nc4ccc(CN5CCOCC5)cc4)c(C)c3cc2c1C. The number of rotatable bonds is 6. The molecule has 7 heteroatoms. The second kappa shape index (κ2) is 9.68. The van der Waals surface area contributed by atoms with Gasteiger partial charge < -0.3 is 18.9 Å². The number of benzene rings is 2. The molecule has 2 aromatic heterocycles. The van der Waals surface area contributed by atoms with Crippen molar-refractivity contribution in [1.82, 2.24) is 4.90 Å². The Morgan fingerprint density at radius 3 is 2.37 bits per heavy atom. The summed E-state index contributed by atoms with van der Waals surface area (Å²) in [5.74, 6) is 0.711. The second-order valence-corrected chi connectivity index (χ2v) is 9.25. The maximum Gasteiger partial charge on any atom is 0.339 e. The Kier molecular flexibility index (Phi) is 6.45. The highest BCUT2D eigenvalue weighted by molar-refractivity contribution is 5.97. The number of anilines is 1. The van der Waals surface area contributed by atoms with Gasteiger partial charge in [0.2, 0.25) is 5.91 Å². The Hall–Kier alpha value is -3.42. The highest BCUT2D eigenvalue weighted by Gasteiger charge is 2.17. The van der Waals surface area contributed by atoms with E-state index in [0.29, 0.717) is 23.2 Å². The van der Waals surface area contributed by atoms with Gasteiger partial charge in [0.15, 0.2) is 0 Å². The molecule has 0 bridgehead atoms. The van der Waals surface area contributed by atoms with E-state index in [1.165, 1.54) is 5.56 Å². The van der Waals surface area contributed by atoms with Gasteiger partial charge >= 0.3 is 5.63 Å². The fourth-order valence-corrected chi connectivity index (χ4v) is 4.69. The van der Waals surface area contributed by atoms with Crippen LogP contribution >= 0.6 is 0 Å². The van der Waals surface area contributed by atoms with Crippen LogP contribution in [0, 0.1) is 20.8 Å². The molecular formula is C28H30N2O5. The average molecular weight is 475 g/mol. The zero-order valence-electron chi connectivity index (χ0n) is 20.4. The number of carbonyl (C=O) groups is 1. The predicted octanol–water partition coefficient (Wildman–Crippen LogP) is 4.87. The minimum atomic E-state index is -0.408. The molecule has 1 amide bonds. The van der Waals surface area contributed by atoms with Gasteiger partial charge in [-0.1, -0.05) is 12.1 Å². The van der Waals surface area contributed by atoms with Crippen LogP contribution in [0.25, 0.3) is 21.9 Å². The molecule has 2 aromatic carbocycles. The van der Waals surface area contributed by atoms with E-state index < -0.39 is 5.63 Å². The van der Waals surface area contributed by atoms with Crippen LogP contribution in [-0.2, 0) is 22.5 Å². The molecule has 1 fully saturated rings. The quantitative estimate of drug-likeness (QED) is 0.402. The van der Waals surface area contributed by atoms with E-state index in [2.05, 4.69) is 10.2 Å². The third kappa shape index (κ3) is 4.88. The lowest BCUT2D eigenvalue weighted by atomic mass is 10.0. The number of fused-ring (bicyclic) bond motifs is 2. The topological polar surface area (TPSA) is 84.9 Å². The van der Waals surface area contributed by atoms with Crippen LogP contribution < -0.4 is 10.9 Å². The monoisotopic (exact) mass is 474 g/mol. The average Bonchev–Trinajstić information content (AvgIpc) is 3.12. The van der Waals surface area contributed by atoms with Crippen molar-refractivity contribution in [2.75, 3.05) is 31.6 Å². The number of aryl methyl sites for hydroxylation is 3. The van der Waals surface area contributed by atoms with Crippen LogP contribution in [-0.4, -0.2) is 37.1 Å². The van der Waals surface area contributed by atoms with Gasteiger partial charge in [-0.3, -0.25) is 9.69 Å². The van der Waals surface area contributed by atoms with Crippen LogP contribution in [0.5, 0.6) is 0 Å². The summed E-state index contributed by atoms with van der Waals surface area (Å²) >= 11 is 0. The molecule has 3 heterocycles. The van der Waals surface area contributed by atoms with Gasteiger partial charge in [0.1, 0.15) is 16.9 Å². The smallest absolute Gasteiger partial charge is 0.339 e. The van der Waals surface area contributed by atoms with Crippen molar-refractivity contribution in [2.24, 2.45) is 0 Å². The normalized spacial score (nSPS) is 14.6. The predicted molar refractivity (Wildman–Crippen MR) is 136 cm³/mol. The number of morpholine rings is 1. The zero-order valence-corrected chi connectivity index (χ0v) is 20.4. The van der Waals surface area contributed by atoms with Crippen LogP contribution in [0.4, 0.5) is 5.69 Å². The van der Waals surface area contributed by atoms with Gasteiger partial charge in [0.05, 0.1) is 13.2 Å². The summed E-state index contributed by atoms with van der Waals surface area (Å²) in [6.45, 7) is 10.1. The van der Waals surface area contributed by atoms with Crippen molar-refractivity contribution in [1.29, 1.82) is 0 Å². The van der Waals surface area contributed by atoms with Gasteiger partial charge in [0, 0.05) is 54.1 Å². The Bertz CT molecular complexity index is 1440. The van der Waals surface area contributed by atoms with Crippen LogP contribution in [0.15, 0.2) is 50.0 Å². The number of ether oxygens (including phenoxy) is 1. The number of amides is 1. The van der Waals surface area contributed by atoms with Crippen molar-refractivity contribution >= 4 is 33.5 Å². The van der Waals surface area contributed by atoms with E-state index in [0.717, 1.165) is 66.2 Å². The molecule has 1 N–H and O–H groups in total. The van der Waals surface area contributed by atoms with Gasteiger partial charge in [0.25, 0.3) is 0 Å². The van der Waals surface area contributed by atoms with Crippen molar-refractivity contribution in [3.05, 3.63) is 74.8 Å². The lowest BCUT2D eigenvalue weighted by Crippen LogP contribution is -2.35. The molecule has 1 saturated heterocycles. The number of furan rings is 1. The van der Waals surface area contributed by atoms with Crippen LogP contribution in [0.3, 0.4) is 0 Å². The first-order valence-corrected chi connectivity index (χ1v) is 12.0. The van der Waals surface area contributed by atoms with E-state index in [1.807, 2.05) is 51.1 Å². The molecule has 7 nitrogen and oxygen atoms in total. The van der Waals surface area contributed by atoms with E-state index in [1.54, 1.807) is 6.07 Å². The third-order valence-electron chi connectivity index (χ3n) is 6.93. The lowest BCUT2D eigenvalue weighted by Gasteiger charge is -2.26. The van der Waals surface area contributed by atoms with Gasteiger partial charge in [-0.15, -0.1) is 0 Å². The van der Waals surface area contributed by atoms with Gasteiger partial charge in [-0.2, -0.15) is 0 Å². The first-order chi connectivity index (χ1) is 16.9. The highest BCUT2D eigenvalue weighted by Crippen LogP contribution is 2.31. The van der Waals surface area contributed by atoms with E-state index in [4.69, 9.17) is 13.6 Å². The maximum absolute atomic E-state index is 12.7. The van der Waals surface area contributed by atoms with Crippen molar-refractivity contribution in [3.63, 3.8) is 0 Å². The number of hydrogen-bond donors (Lipinski definition) is 1. The number of nitrogens with zero attached hydrogens (tertiary/aromatic N) is 1. The van der Waals surface area contributed by atoms with Gasteiger partial charge in [-0.05, 0) is 62.1 Å². The standard InChI is InChI=1S/C28H30N2O5/c1-17-19(3)34-25-15-26-24(14-23(17)25)18(2)22(28(32)35-26)8-9-27(31)29-21-6-4-20(5-7-21)16-30-10-12-33-13-11-30/h4-7,14-15H,8-13,16H2,1-3H3,(H,29,31). The fraction of sp³-hybridized carbons (Fsp3) is 0.357. The van der Waals surface area contributed by atoms with E-state index in [-0.39, 0.29) is 12.3 Å². The van der Waals surface area contributed by atoms with E-state index in [9.17, 15) is 9.59 Å². The Labute approximate surface area is 203 Å². The third-order valence-corrected chi connectivity index (χ3v) is 6.93. The summed E-state index contributed by atoms with van der Waals surface area (Å²) in [6.07, 6.45) is 0.505. The molecule has 0 radical (unpaired) electrons. The van der Waals surface area contributed by atoms with Gasteiger partial charge in [-0.25, -0.2) is 4.79 Å². The molecule has 0 unspecified atom stereocenters. The lowest BCUT2D eigenvalue weighted by molar-refractivity contribution is -0.116. The first-order valence-electron chi connectivity index (χ1n) is 12.0. The highest BCUT2D eigenvalue weighted by atomic mass is 16.5. The number of carbonyl (C=O) groups excluding carboxylic acids is 1. The molecule has 35 heavy (non-hydrogen) atoms. The molecule has 0 atom stereocenters. The molecule has 0 aliphatic carbocycles. The molecule has 4 aromatic rings. The zero-order chi connectivity index (χ0) is 24.5. The summed E-state index contributed by atoms with van der Waals surface area (Å²) in [6, 6.07) is 11.7. The summed E-state index contributed by atoms with van der Waals surface area (Å²) in [4.78, 5) is 27.7. The number of nitrogens with one attached hydrogen (secondary N) is 1. The molecule has 182 valence electrons. The summed E-state index contributed by atoms with van der Waals surface area (Å²) in [5, 5.41) is 4.81. The minimum Gasteiger partial charge on any atom is -0.461 e. The molecule has 1 aliphatic heterocycles. The molecule has 0 spiro atoms. The Balaban J connectivity index is 1.26. The summed E-state index contributed by atoms with van der Waals surface area (Å²) in [5.41, 5.74) is 5.20. The maximum atomic E-state index is 12.7. The summed E-state index contributed by atoms with van der Waals surface area (Å²) < 4.78 is 16.8. The number of hydrogen-bond acceptors (Lipinski definition) is 6. The Morgan fingerprint density at radius 2 is 1.63 bits per heavy atom. The van der Waals surface area contributed by atoms with Crippen molar-refractivity contribution in [3.8, 4) is 0 Å². The van der Waals surface area contributed by atoms with Crippen LogP contribution in [0.2, 0.25) is 0 Å². The summed E-state index contributed by atoms with van der Waals surface area (Å²) in [7, 11) is 0.